The molecule has 0 saturated heterocycles. The minimum atomic E-state index is -0.157. The number of aliphatic hydroxyl groups is 1. The van der Waals surface area contributed by atoms with Crippen LogP contribution in [-0.2, 0) is 0 Å². The van der Waals surface area contributed by atoms with E-state index in [1.807, 2.05) is 6.92 Å². The van der Waals surface area contributed by atoms with E-state index in [9.17, 15) is 0 Å². The molecule has 0 radical (unpaired) electrons. The lowest BCUT2D eigenvalue weighted by molar-refractivity contribution is 0.182. The predicted octanol–water partition coefficient (Wildman–Crippen LogP) is 1.93. The Morgan fingerprint density at radius 1 is 1.46 bits per heavy atom. The average Bonchev–Trinajstić information content (AvgIpc) is 2.52. The number of hydrogen-bond acceptors (Lipinski definition) is 2. The number of nitrogens with one attached hydrogen (secondary N) is 1. The van der Waals surface area contributed by atoms with Gasteiger partial charge in [-0.2, -0.15) is 0 Å². The summed E-state index contributed by atoms with van der Waals surface area (Å²) in [4.78, 5) is 0. The molecule has 78 valence electrons. The molecule has 0 aromatic heterocycles. The second-order valence-electron chi connectivity index (χ2n) is 4.38. The number of aliphatic hydroxyl groups excluding tert-OH is 1. The summed E-state index contributed by atoms with van der Waals surface area (Å²) in [6.07, 6.45) is 6.12. The molecule has 0 spiro atoms. The van der Waals surface area contributed by atoms with Crippen LogP contribution >= 0.6 is 0 Å². The average molecular weight is 185 g/mol. The first kappa shape index (κ1) is 11.0. The van der Waals surface area contributed by atoms with E-state index in [2.05, 4.69) is 12.2 Å². The molecule has 1 rings (SSSR count). The van der Waals surface area contributed by atoms with Crippen molar-refractivity contribution in [2.24, 2.45) is 5.92 Å². The first-order valence-corrected chi connectivity index (χ1v) is 5.63. The Hall–Kier alpha value is -0.0800. The lowest BCUT2D eigenvalue weighted by Gasteiger charge is -2.13. The topological polar surface area (TPSA) is 32.3 Å². The van der Waals surface area contributed by atoms with Crippen LogP contribution in [0.25, 0.3) is 0 Å². The zero-order chi connectivity index (χ0) is 9.68. The van der Waals surface area contributed by atoms with Crippen LogP contribution in [0.3, 0.4) is 0 Å². The van der Waals surface area contributed by atoms with E-state index in [1.54, 1.807) is 0 Å². The first-order chi connectivity index (χ1) is 6.22. The molecule has 1 aliphatic rings. The van der Waals surface area contributed by atoms with Crippen LogP contribution in [-0.4, -0.2) is 23.8 Å². The third-order valence-electron chi connectivity index (χ3n) is 3.11. The Morgan fingerprint density at radius 3 is 2.77 bits per heavy atom. The van der Waals surface area contributed by atoms with Crippen LogP contribution in [0.5, 0.6) is 0 Å². The van der Waals surface area contributed by atoms with Gasteiger partial charge in [-0.15, -0.1) is 0 Å². The highest BCUT2D eigenvalue weighted by molar-refractivity contribution is 4.79. The third-order valence-corrected chi connectivity index (χ3v) is 3.11. The van der Waals surface area contributed by atoms with Gasteiger partial charge in [-0.3, -0.25) is 0 Å². The van der Waals surface area contributed by atoms with Crippen molar-refractivity contribution in [3.63, 3.8) is 0 Å². The molecule has 0 heterocycles. The van der Waals surface area contributed by atoms with E-state index in [0.717, 1.165) is 24.9 Å². The standard InChI is InChI=1S/C11H23NO/c1-3-10-4-5-11(8-10)12-7-6-9(2)13/h9-13H,3-8H2,1-2H3. The Balaban J connectivity index is 2.03. The maximum Gasteiger partial charge on any atom is 0.0524 e. The zero-order valence-corrected chi connectivity index (χ0v) is 8.92. The monoisotopic (exact) mass is 185 g/mol. The fourth-order valence-corrected chi connectivity index (χ4v) is 2.13. The minimum absolute atomic E-state index is 0.157. The van der Waals surface area contributed by atoms with Crippen LogP contribution in [0.2, 0.25) is 0 Å². The maximum absolute atomic E-state index is 9.08. The molecular weight excluding hydrogens is 162 g/mol. The molecule has 0 bridgehead atoms. The van der Waals surface area contributed by atoms with Gasteiger partial charge in [0.25, 0.3) is 0 Å². The van der Waals surface area contributed by atoms with Crippen molar-refractivity contribution in [2.45, 2.75) is 58.1 Å². The third kappa shape index (κ3) is 4.10. The molecule has 2 heteroatoms. The van der Waals surface area contributed by atoms with E-state index in [1.165, 1.54) is 25.7 Å². The van der Waals surface area contributed by atoms with Crippen molar-refractivity contribution in [2.75, 3.05) is 6.54 Å². The van der Waals surface area contributed by atoms with Crippen LogP contribution in [0.4, 0.5) is 0 Å². The Bertz CT molecular complexity index is 136. The van der Waals surface area contributed by atoms with Gasteiger partial charge in [-0.1, -0.05) is 13.3 Å². The normalized spacial score (nSPS) is 30.7. The minimum Gasteiger partial charge on any atom is -0.393 e. The summed E-state index contributed by atoms with van der Waals surface area (Å²) in [7, 11) is 0. The van der Waals surface area contributed by atoms with E-state index < -0.39 is 0 Å². The molecule has 3 unspecified atom stereocenters. The highest BCUT2D eigenvalue weighted by Crippen LogP contribution is 2.27. The highest BCUT2D eigenvalue weighted by Gasteiger charge is 2.22. The summed E-state index contributed by atoms with van der Waals surface area (Å²) >= 11 is 0. The number of rotatable bonds is 5. The van der Waals surface area contributed by atoms with Crippen molar-refractivity contribution in [3.8, 4) is 0 Å². The van der Waals surface area contributed by atoms with Gasteiger partial charge in [0, 0.05) is 6.04 Å². The van der Waals surface area contributed by atoms with Crippen LogP contribution in [0.1, 0.15) is 46.0 Å². The summed E-state index contributed by atoms with van der Waals surface area (Å²) in [5.74, 6) is 0.948. The Morgan fingerprint density at radius 2 is 2.23 bits per heavy atom. The van der Waals surface area contributed by atoms with Crippen molar-refractivity contribution in [3.05, 3.63) is 0 Å². The molecule has 0 aromatic rings. The van der Waals surface area contributed by atoms with Gasteiger partial charge >= 0.3 is 0 Å². The second-order valence-corrected chi connectivity index (χ2v) is 4.38. The molecule has 3 atom stereocenters. The summed E-state index contributed by atoms with van der Waals surface area (Å²) in [5, 5.41) is 12.6. The van der Waals surface area contributed by atoms with Crippen LogP contribution < -0.4 is 5.32 Å². The van der Waals surface area contributed by atoms with Gasteiger partial charge in [0.15, 0.2) is 0 Å². The largest absolute Gasteiger partial charge is 0.393 e. The van der Waals surface area contributed by atoms with Gasteiger partial charge in [-0.05, 0) is 45.1 Å². The van der Waals surface area contributed by atoms with Gasteiger partial charge < -0.3 is 10.4 Å². The molecule has 0 amide bonds. The molecule has 1 fully saturated rings. The lowest BCUT2D eigenvalue weighted by Crippen LogP contribution is -2.29. The molecule has 0 aromatic carbocycles. The fraction of sp³-hybridized carbons (Fsp3) is 1.00. The van der Waals surface area contributed by atoms with E-state index in [-0.39, 0.29) is 6.10 Å². The summed E-state index contributed by atoms with van der Waals surface area (Å²) < 4.78 is 0. The molecular formula is C11H23NO. The van der Waals surface area contributed by atoms with Gasteiger partial charge in [0.2, 0.25) is 0 Å². The van der Waals surface area contributed by atoms with E-state index in [0.29, 0.717) is 0 Å². The fourth-order valence-electron chi connectivity index (χ4n) is 2.13. The summed E-state index contributed by atoms with van der Waals surface area (Å²) in [6, 6.07) is 0.726. The van der Waals surface area contributed by atoms with Gasteiger partial charge in [0.1, 0.15) is 0 Å². The van der Waals surface area contributed by atoms with Crippen LogP contribution in [0, 0.1) is 5.92 Å². The van der Waals surface area contributed by atoms with Gasteiger partial charge in [0.05, 0.1) is 6.10 Å². The lowest BCUT2D eigenvalue weighted by atomic mass is 10.1. The Kier molecular flexibility index (Phi) is 4.74. The SMILES string of the molecule is CCC1CCC(NCCC(C)O)C1. The zero-order valence-electron chi connectivity index (χ0n) is 8.92. The maximum atomic E-state index is 9.08. The quantitative estimate of drug-likeness (QED) is 0.686. The molecule has 2 N–H and O–H groups in total. The van der Waals surface area contributed by atoms with E-state index >= 15 is 0 Å². The molecule has 2 nitrogen and oxygen atoms in total. The van der Waals surface area contributed by atoms with Crippen molar-refractivity contribution >= 4 is 0 Å². The van der Waals surface area contributed by atoms with Crippen molar-refractivity contribution < 1.29 is 5.11 Å². The summed E-state index contributed by atoms with van der Waals surface area (Å²) in [5.41, 5.74) is 0. The second kappa shape index (κ2) is 5.61. The number of hydrogen-bond donors (Lipinski definition) is 2. The molecule has 1 aliphatic carbocycles. The first-order valence-electron chi connectivity index (χ1n) is 5.63. The Labute approximate surface area is 81.7 Å². The smallest absolute Gasteiger partial charge is 0.0524 e. The predicted molar refractivity (Wildman–Crippen MR) is 55.7 cm³/mol. The van der Waals surface area contributed by atoms with Crippen LogP contribution in [0.15, 0.2) is 0 Å². The molecule has 1 saturated carbocycles. The van der Waals surface area contributed by atoms with Gasteiger partial charge in [-0.25, -0.2) is 0 Å². The molecule has 13 heavy (non-hydrogen) atoms. The van der Waals surface area contributed by atoms with E-state index in [4.69, 9.17) is 5.11 Å². The molecule has 0 aliphatic heterocycles. The van der Waals surface area contributed by atoms with Crippen molar-refractivity contribution in [1.82, 2.24) is 5.32 Å². The van der Waals surface area contributed by atoms with Crippen molar-refractivity contribution in [1.29, 1.82) is 0 Å². The summed E-state index contributed by atoms with van der Waals surface area (Å²) in [6.45, 7) is 5.10. The highest BCUT2D eigenvalue weighted by atomic mass is 16.3.